The summed E-state index contributed by atoms with van der Waals surface area (Å²) in [5.74, 6) is 0.405. The Balaban J connectivity index is 2.38. The summed E-state index contributed by atoms with van der Waals surface area (Å²) in [5.41, 5.74) is 2.43. The molecule has 0 radical (unpaired) electrons. The van der Waals surface area contributed by atoms with E-state index >= 15 is 0 Å². The normalized spacial score (nSPS) is 11.9. The molecule has 0 saturated carbocycles. The van der Waals surface area contributed by atoms with Gasteiger partial charge in [-0.05, 0) is 49.7 Å². The highest BCUT2D eigenvalue weighted by atomic mass is 32.1. The van der Waals surface area contributed by atoms with E-state index < -0.39 is 0 Å². The van der Waals surface area contributed by atoms with Crippen molar-refractivity contribution in [2.45, 2.75) is 39.7 Å². The van der Waals surface area contributed by atoms with Crippen molar-refractivity contribution in [3.05, 3.63) is 23.8 Å². The molecule has 2 rings (SSSR count). The molecule has 21 heavy (non-hydrogen) atoms. The minimum Gasteiger partial charge on any atom is -0.493 e. The lowest BCUT2D eigenvalue weighted by molar-refractivity contribution is 0.459. The number of aromatic amines is 1. The van der Waals surface area contributed by atoms with Gasteiger partial charge in [0.05, 0.1) is 5.52 Å². The fourth-order valence-corrected chi connectivity index (χ4v) is 2.29. The van der Waals surface area contributed by atoms with E-state index in [0.717, 1.165) is 10.9 Å². The molecule has 3 N–H and O–H groups in total. The van der Waals surface area contributed by atoms with Gasteiger partial charge in [0, 0.05) is 11.4 Å². The van der Waals surface area contributed by atoms with Gasteiger partial charge in [0.25, 0.3) is 0 Å². The third-order valence-electron chi connectivity index (χ3n) is 3.10. The van der Waals surface area contributed by atoms with E-state index in [4.69, 9.17) is 12.2 Å². The smallest absolute Gasteiger partial charge is 0.218 e. The molecule has 0 aliphatic carbocycles. The molecule has 1 aromatic heterocycles. The summed E-state index contributed by atoms with van der Waals surface area (Å²) in [5, 5.41) is 22.2. The van der Waals surface area contributed by atoms with E-state index in [1.165, 1.54) is 5.56 Å². The van der Waals surface area contributed by atoms with Crippen LogP contribution < -0.4 is 5.32 Å². The second-order valence-corrected chi connectivity index (χ2v) is 5.97. The highest BCUT2D eigenvalue weighted by molar-refractivity contribution is 7.80. The van der Waals surface area contributed by atoms with Gasteiger partial charge in [-0.15, -0.1) is 10.2 Å². The number of thiocarbonyl (C=S) groups is 1. The van der Waals surface area contributed by atoms with Crippen LogP contribution in [0.4, 0.5) is 5.69 Å². The first-order chi connectivity index (χ1) is 9.88. The van der Waals surface area contributed by atoms with Crippen LogP contribution in [0.1, 0.15) is 39.2 Å². The molecule has 0 spiro atoms. The van der Waals surface area contributed by atoms with Crippen LogP contribution in [0.5, 0.6) is 5.88 Å². The number of hydrogen-bond donors (Lipinski definition) is 3. The van der Waals surface area contributed by atoms with Crippen molar-refractivity contribution in [3.8, 4) is 5.88 Å². The number of fused-ring (bicyclic) bond motifs is 1. The van der Waals surface area contributed by atoms with Gasteiger partial charge in [0.1, 0.15) is 0 Å². The van der Waals surface area contributed by atoms with E-state index in [9.17, 15) is 5.11 Å². The van der Waals surface area contributed by atoms with Crippen molar-refractivity contribution in [2.24, 2.45) is 10.2 Å². The van der Waals surface area contributed by atoms with E-state index in [1.54, 1.807) is 0 Å². The first kappa shape index (κ1) is 15.4. The second-order valence-electron chi connectivity index (χ2n) is 5.59. The van der Waals surface area contributed by atoms with Crippen LogP contribution in [-0.2, 0) is 0 Å². The Kier molecular flexibility index (Phi) is 4.57. The molecule has 0 atom stereocenters. The Morgan fingerprint density at radius 1 is 1.29 bits per heavy atom. The van der Waals surface area contributed by atoms with Crippen molar-refractivity contribution in [2.75, 3.05) is 0 Å². The highest BCUT2D eigenvalue weighted by Gasteiger charge is 2.12. The number of aromatic hydroxyl groups is 1. The van der Waals surface area contributed by atoms with Crippen LogP contribution in [-0.4, -0.2) is 21.2 Å². The molecule has 1 aromatic carbocycles. The lowest BCUT2D eigenvalue weighted by Crippen LogP contribution is -2.26. The van der Waals surface area contributed by atoms with E-state index in [0.29, 0.717) is 16.7 Å². The summed E-state index contributed by atoms with van der Waals surface area (Å²) in [6, 6.07) is 6.19. The molecule has 5 nitrogen and oxygen atoms in total. The molecule has 0 bridgehead atoms. The van der Waals surface area contributed by atoms with Crippen molar-refractivity contribution >= 4 is 33.9 Å². The number of H-pyrrole nitrogens is 1. The Morgan fingerprint density at radius 3 is 2.62 bits per heavy atom. The van der Waals surface area contributed by atoms with Crippen LogP contribution in [0.25, 0.3) is 10.9 Å². The lowest BCUT2D eigenvalue weighted by atomic mass is 10.0. The number of nitrogens with zero attached hydrogens (tertiary/aromatic N) is 2. The van der Waals surface area contributed by atoms with Crippen LogP contribution in [0.15, 0.2) is 28.4 Å². The fourth-order valence-electron chi connectivity index (χ4n) is 2.01. The molecule has 2 aromatic rings. The molecule has 0 aliphatic heterocycles. The second kappa shape index (κ2) is 6.22. The van der Waals surface area contributed by atoms with Gasteiger partial charge in [0.2, 0.25) is 11.0 Å². The van der Waals surface area contributed by atoms with E-state index in [-0.39, 0.29) is 11.9 Å². The number of azo groups is 1. The molecular formula is C15H20N4OS. The minimum atomic E-state index is 0.00185. The first-order valence-electron chi connectivity index (χ1n) is 6.95. The Bertz CT molecular complexity index is 688. The van der Waals surface area contributed by atoms with Gasteiger partial charge in [0.15, 0.2) is 5.69 Å². The maximum Gasteiger partial charge on any atom is 0.218 e. The Labute approximate surface area is 129 Å². The average molecular weight is 304 g/mol. The number of benzene rings is 1. The molecule has 0 amide bonds. The number of hydrogen-bond acceptors (Lipinski definition) is 3. The molecule has 1 heterocycles. The summed E-state index contributed by atoms with van der Waals surface area (Å²) in [7, 11) is 0. The zero-order valence-corrected chi connectivity index (χ0v) is 13.5. The van der Waals surface area contributed by atoms with Crippen LogP contribution in [0, 0.1) is 0 Å². The predicted molar refractivity (Wildman–Crippen MR) is 89.4 cm³/mol. The van der Waals surface area contributed by atoms with Gasteiger partial charge in [-0.2, -0.15) is 0 Å². The van der Waals surface area contributed by atoms with Crippen LogP contribution >= 0.6 is 12.2 Å². The van der Waals surface area contributed by atoms with Gasteiger partial charge >= 0.3 is 0 Å². The maximum atomic E-state index is 9.99. The monoisotopic (exact) mass is 304 g/mol. The summed E-state index contributed by atoms with van der Waals surface area (Å²) in [4.78, 5) is 2.90. The molecule has 0 saturated heterocycles. The van der Waals surface area contributed by atoms with Crippen LogP contribution in [0.3, 0.4) is 0 Å². The van der Waals surface area contributed by atoms with Crippen molar-refractivity contribution < 1.29 is 5.11 Å². The quantitative estimate of drug-likeness (QED) is 0.582. The first-order valence-corrected chi connectivity index (χ1v) is 7.36. The zero-order chi connectivity index (χ0) is 15.6. The molecule has 6 heteroatoms. The lowest BCUT2D eigenvalue weighted by Gasteiger charge is -2.05. The van der Waals surface area contributed by atoms with E-state index in [1.807, 2.05) is 32.0 Å². The topological polar surface area (TPSA) is 72.8 Å². The molecule has 0 fully saturated rings. The number of nitrogens with one attached hydrogen (secondary N) is 2. The third kappa shape index (κ3) is 3.58. The van der Waals surface area contributed by atoms with Gasteiger partial charge in [-0.3, -0.25) is 0 Å². The van der Waals surface area contributed by atoms with E-state index in [2.05, 4.69) is 34.4 Å². The number of aromatic nitrogens is 1. The molecule has 0 aliphatic rings. The highest BCUT2D eigenvalue weighted by Crippen LogP contribution is 2.36. The summed E-state index contributed by atoms with van der Waals surface area (Å²) in [6.45, 7) is 8.19. The Morgan fingerprint density at radius 2 is 2.00 bits per heavy atom. The largest absolute Gasteiger partial charge is 0.493 e. The molecule has 112 valence electrons. The predicted octanol–water partition coefficient (Wildman–Crippen LogP) is 4.36. The SMILES string of the molecule is CC(C)NC(=S)N=Nc1c(O)[nH]c2ccc(C(C)C)cc12. The Hall–Kier alpha value is -1.95. The maximum absolute atomic E-state index is 9.99. The molecule has 0 unspecified atom stereocenters. The summed E-state index contributed by atoms with van der Waals surface area (Å²) < 4.78 is 0. The average Bonchev–Trinajstić information content (AvgIpc) is 2.70. The standard InChI is InChI=1S/C15H20N4OS/c1-8(2)10-5-6-12-11(7-10)13(14(20)17-12)18-19-15(21)16-9(3)4/h5-9,17,20H,1-4H3,(H,16,21). The summed E-state index contributed by atoms with van der Waals surface area (Å²) >= 11 is 5.07. The van der Waals surface area contributed by atoms with Crippen molar-refractivity contribution in [1.29, 1.82) is 0 Å². The number of rotatable bonds is 3. The summed E-state index contributed by atoms with van der Waals surface area (Å²) in [6.07, 6.45) is 0. The van der Waals surface area contributed by atoms with Crippen LogP contribution in [0.2, 0.25) is 0 Å². The van der Waals surface area contributed by atoms with Gasteiger partial charge in [-0.1, -0.05) is 19.9 Å². The van der Waals surface area contributed by atoms with Crippen molar-refractivity contribution in [3.63, 3.8) is 0 Å². The van der Waals surface area contributed by atoms with Gasteiger partial charge < -0.3 is 15.4 Å². The fraction of sp³-hybridized carbons (Fsp3) is 0.400. The molecular weight excluding hydrogens is 284 g/mol. The van der Waals surface area contributed by atoms with Crippen molar-refractivity contribution in [1.82, 2.24) is 10.3 Å². The third-order valence-corrected chi connectivity index (χ3v) is 3.30. The van der Waals surface area contributed by atoms with Gasteiger partial charge in [-0.25, -0.2) is 0 Å². The minimum absolute atomic E-state index is 0.00185. The zero-order valence-electron chi connectivity index (χ0n) is 12.6.